The van der Waals surface area contributed by atoms with Crippen LogP contribution in [0.5, 0.6) is 0 Å². The van der Waals surface area contributed by atoms with E-state index in [1.165, 1.54) is 23.7 Å². The number of anilines is 1. The van der Waals surface area contributed by atoms with E-state index in [1.807, 2.05) is 6.92 Å². The van der Waals surface area contributed by atoms with Crippen molar-refractivity contribution < 1.29 is 14.1 Å². The van der Waals surface area contributed by atoms with E-state index in [4.69, 9.17) is 11.6 Å². The fourth-order valence-electron chi connectivity index (χ4n) is 2.25. The van der Waals surface area contributed by atoms with Gasteiger partial charge in [-0.3, -0.25) is 4.79 Å². The van der Waals surface area contributed by atoms with Gasteiger partial charge in [0.15, 0.2) is 17.5 Å². The van der Waals surface area contributed by atoms with Crippen molar-refractivity contribution in [3.8, 4) is 10.6 Å². The lowest BCUT2D eigenvalue weighted by Gasteiger charge is -2.22. The highest BCUT2D eigenvalue weighted by Gasteiger charge is 2.27. The third-order valence-electron chi connectivity index (χ3n) is 3.33. The molecule has 2 aromatic heterocycles. The van der Waals surface area contributed by atoms with Crippen molar-refractivity contribution >= 4 is 45.0 Å². The van der Waals surface area contributed by atoms with Gasteiger partial charge in [0.2, 0.25) is 5.91 Å². The van der Waals surface area contributed by atoms with Crippen molar-refractivity contribution in [1.82, 2.24) is 4.98 Å². The molecule has 0 saturated carbocycles. The summed E-state index contributed by atoms with van der Waals surface area (Å²) in [6, 6.07) is 3.38. The van der Waals surface area contributed by atoms with Gasteiger partial charge in [-0.15, -0.1) is 0 Å². The molecule has 24 heavy (non-hydrogen) atoms. The molecule has 0 aliphatic carbocycles. The molecular weight excluding hydrogens is 370 g/mol. The molecule has 2 atom stereocenters. The number of nitrogens with zero attached hydrogens (tertiary/aromatic N) is 3. The lowest BCUT2D eigenvalue weighted by Crippen LogP contribution is -2.37. The van der Waals surface area contributed by atoms with Gasteiger partial charge in [-0.05, 0) is 19.9 Å². The molecule has 0 fully saturated rings. The highest BCUT2D eigenvalue weighted by Crippen LogP contribution is 2.37. The van der Waals surface area contributed by atoms with E-state index in [0.29, 0.717) is 32.6 Å². The average Bonchev–Trinajstić information content (AvgIpc) is 2.89. The molecule has 0 aromatic carbocycles. The summed E-state index contributed by atoms with van der Waals surface area (Å²) in [6.45, 7) is 4.02. The molecule has 0 N–H and O–H groups in total. The van der Waals surface area contributed by atoms with Crippen LogP contribution in [-0.4, -0.2) is 34.0 Å². The first-order valence-corrected chi connectivity index (χ1v) is 10.2. The lowest BCUT2D eigenvalue weighted by molar-refractivity contribution is -0.604. The van der Waals surface area contributed by atoms with E-state index in [2.05, 4.69) is 4.98 Å². The maximum atomic E-state index is 12.6. The monoisotopic (exact) mass is 387 g/mol. The number of thiazole rings is 1. The van der Waals surface area contributed by atoms with E-state index >= 15 is 0 Å². The van der Waals surface area contributed by atoms with Crippen molar-refractivity contribution in [1.29, 1.82) is 0 Å². The van der Waals surface area contributed by atoms with E-state index in [0.717, 1.165) is 0 Å². The molecule has 9 heteroatoms. The Labute approximate surface area is 152 Å². The number of pyridine rings is 1. The summed E-state index contributed by atoms with van der Waals surface area (Å²) in [5.74, 6) is -0.220. The third kappa shape index (κ3) is 4.38. The van der Waals surface area contributed by atoms with Crippen molar-refractivity contribution in [3.05, 3.63) is 34.9 Å². The quantitative estimate of drug-likeness (QED) is 0.433. The number of amides is 1. The van der Waals surface area contributed by atoms with E-state index in [1.54, 1.807) is 30.2 Å². The first-order valence-electron chi connectivity index (χ1n) is 7.30. The molecule has 0 aliphatic heterocycles. The minimum atomic E-state index is -1.05. The minimum Gasteiger partial charge on any atom is -0.619 e. The van der Waals surface area contributed by atoms with E-state index < -0.39 is 11.2 Å². The number of hydrogen-bond acceptors (Lipinski definition) is 5. The zero-order chi connectivity index (χ0) is 17.9. The molecule has 1 amide bonds. The summed E-state index contributed by atoms with van der Waals surface area (Å²) in [4.78, 5) is 18.4. The third-order valence-corrected chi connectivity index (χ3v) is 5.80. The van der Waals surface area contributed by atoms with Crippen LogP contribution in [0.15, 0.2) is 24.5 Å². The highest BCUT2D eigenvalue weighted by molar-refractivity contribution is 7.90. The molecule has 0 aliphatic rings. The van der Waals surface area contributed by atoms with Crippen LogP contribution in [0.3, 0.4) is 0 Å². The Morgan fingerprint density at radius 2 is 2.29 bits per heavy atom. The zero-order valence-electron chi connectivity index (χ0n) is 13.6. The SMILES string of the molecule is CCN(C(=O)C(C)C[S+](C)[O-])c1sc(-c2ccc[n+]([O-])c2)nc1Cl. The summed E-state index contributed by atoms with van der Waals surface area (Å²) in [7, 11) is 0. The molecule has 0 bridgehead atoms. The standard InChI is InChI=1S/C15H18ClN3O3S2/c1-4-19(14(20)10(2)9-24(3)22)15-12(16)17-13(23-15)11-6-5-7-18(21)8-11/h5-8,10H,4,9H2,1-3H3. The van der Waals surface area contributed by atoms with Gasteiger partial charge >= 0.3 is 0 Å². The van der Waals surface area contributed by atoms with Crippen LogP contribution in [0.25, 0.3) is 10.6 Å². The van der Waals surface area contributed by atoms with Gasteiger partial charge in [-0.1, -0.05) is 34.1 Å². The normalized spacial score (nSPS) is 13.5. The molecule has 2 unspecified atom stereocenters. The van der Waals surface area contributed by atoms with E-state index in [-0.39, 0.29) is 17.0 Å². The fraction of sp³-hybridized carbons (Fsp3) is 0.400. The van der Waals surface area contributed by atoms with Crippen molar-refractivity contribution in [2.75, 3.05) is 23.5 Å². The minimum absolute atomic E-state index is 0.142. The largest absolute Gasteiger partial charge is 0.619 e. The van der Waals surface area contributed by atoms with Crippen molar-refractivity contribution in [2.45, 2.75) is 13.8 Å². The molecule has 130 valence electrons. The molecule has 0 saturated heterocycles. The Morgan fingerprint density at radius 3 is 2.88 bits per heavy atom. The second-order valence-corrected chi connectivity index (χ2v) is 8.11. The molecule has 2 aromatic rings. The molecule has 6 nitrogen and oxygen atoms in total. The number of rotatable bonds is 6. The van der Waals surface area contributed by atoms with Gasteiger partial charge in [0.05, 0.1) is 17.7 Å². The summed E-state index contributed by atoms with van der Waals surface area (Å²) in [5.41, 5.74) is 0.636. The fourth-order valence-corrected chi connectivity index (χ4v) is 4.47. The van der Waals surface area contributed by atoms with Gasteiger partial charge in [0.25, 0.3) is 0 Å². The maximum absolute atomic E-state index is 12.6. The van der Waals surface area contributed by atoms with Crippen LogP contribution < -0.4 is 9.63 Å². The second-order valence-electron chi connectivity index (χ2n) is 5.29. The summed E-state index contributed by atoms with van der Waals surface area (Å²) < 4.78 is 12.1. The number of carbonyl (C=O) groups excluding carboxylic acids is 1. The van der Waals surface area contributed by atoms with Crippen LogP contribution in [0.2, 0.25) is 5.15 Å². The summed E-state index contributed by atoms with van der Waals surface area (Å²) in [5, 5.41) is 12.7. The van der Waals surface area contributed by atoms with Crippen molar-refractivity contribution in [2.24, 2.45) is 5.92 Å². The Bertz CT molecular complexity index is 724. The first-order chi connectivity index (χ1) is 11.3. The van der Waals surface area contributed by atoms with E-state index in [9.17, 15) is 14.6 Å². The lowest BCUT2D eigenvalue weighted by atomic mass is 10.2. The first kappa shape index (κ1) is 19.0. The van der Waals surface area contributed by atoms with Gasteiger partial charge in [0, 0.05) is 12.6 Å². The van der Waals surface area contributed by atoms with Gasteiger partial charge < -0.3 is 14.7 Å². The Hall–Kier alpha value is -1.35. The van der Waals surface area contributed by atoms with Crippen LogP contribution in [0.1, 0.15) is 13.8 Å². The predicted molar refractivity (Wildman–Crippen MR) is 97.6 cm³/mol. The van der Waals surface area contributed by atoms with Crippen LogP contribution in [0.4, 0.5) is 5.00 Å². The zero-order valence-corrected chi connectivity index (χ0v) is 16.0. The van der Waals surface area contributed by atoms with Crippen molar-refractivity contribution in [3.63, 3.8) is 0 Å². The average molecular weight is 388 g/mol. The Balaban J connectivity index is 2.31. The van der Waals surface area contributed by atoms with Gasteiger partial charge in [-0.2, -0.15) is 4.73 Å². The number of aromatic nitrogens is 2. The maximum Gasteiger partial charge on any atom is 0.235 e. The molecular formula is C15H18ClN3O3S2. The Kier molecular flexibility index (Phi) is 6.45. The number of carbonyl (C=O) groups is 1. The smallest absolute Gasteiger partial charge is 0.235 e. The molecule has 2 heterocycles. The molecule has 2 rings (SSSR count). The van der Waals surface area contributed by atoms with Crippen LogP contribution >= 0.6 is 22.9 Å². The topological polar surface area (TPSA) is 83.2 Å². The van der Waals surface area contributed by atoms with Gasteiger partial charge in [-0.25, -0.2) is 4.98 Å². The van der Waals surface area contributed by atoms with Crippen LogP contribution in [0, 0.1) is 11.1 Å². The van der Waals surface area contributed by atoms with Crippen LogP contribution in [-0.2, 0) is 16.0 Å². The molecule has 0 spiro atoms. The summed E-state index contributed by atoms with van der Waals surface area (Å²) >= 11 is 6.42. The van der Waals surface area contributed by atoms with Gasteiger partial charge in [0.1, 0.15) is 15.8 Å². The number of hydrogen-bond donors (Lipinski definition) is 0. The summed E-state index contributed by atoms with van der Waals surface area (Å²) in [6.07, 6.45) is 4.36. The second kappa shape index (κ2) is 8.15. The predicted octanol–water partition coefficient (Wildman–Crippen LogP) is 2.46. The Morgan fingerprint density at radius 1 is 1.58 bits per heavy atom. The highest BCUT2D eigenvalue weighted by atomic mass is 35.5. The number of halogens is 1. The molecule has 0 radical (unpaired) electrons.